The van der Waals surface area contributed by atoms with Crippen molar-refractivity contribution in [2.75, 3.05) is 32.8 Å². The topological polar surface area (TPSA) is 59.9 Å². The Balaban J connectivity index is 1.85. The lowest BCUT2D eigenvalue weighted by molar-refractivity contribution is 0.115. The molecule has 23 heavy (non-hydrogen) atoms. The van der Waals surface area contributed by atoms with Crippen molar-refractivity contribution in [2.24, 2.45) is 10.9 Å². The number of likely N-dealkylation sites (tertiary alicyclic amines) is 1. The van der Waals surface area contributed by atoms with Crippen LogP contribution in [0.25, 0.3) is 0 Å². The molecule has 1 aliphatic carbocycles. The molecule has 1 saturated carbocycles. The molecular formula is C18H36N4O. The quantitative estimate of drug-likeness (QED) is 0.516. The Morgan fingerprint density at radius 3 is 2.70 bits per heavy atom. The second-order valence-electron chi connectivity index (χ2n) is 7.28. The van der Waals surface area contributed by atoms with E-state index in [0.29, 0.717) is 12.6 Å². The molecule has 2 rings (SSSR count). The molecule has 2 aliphatic rings. The zero-order valence-electron chi connectivity index (χ0n) is 15.1. The van der Waals surface area contributed by atoms with Crippen LogP contribution in [0, 0.1) is 5.92 Å². The summed E-state index contributed by atoms with van der Waals surface area (Å²) in [7, 11) is 0. The molecule has 1 heterocycles. The van der Waals surface area contributed by atoms with Crippen molar-refractivity contribution < 1.29 is 5.11 Å². The summed E-state index contributed by atoms with van der Waals surface area (Å²) in [5.41, 5.74) is 0. The van der Waals surface area contributed by atoms with Crippen LogP contribution in [-0.2, 0) is 0 Å². The highest BCUT2D eigenvalue weighted by atomic mass is 16.3. The maximum Gasteiger partial charge on any atom is 0.191 e. The number of nitrogens with zero attached hydrogens (tertiary/aromatic N) is 2. The van der Waals surface area contributed by atoms with E-state index in [9.17, 15) is 0 Å². The molecule has 2 fully saturated rings. The van der Waals surface area contributed by atoms with Gasteiger partial charge in [0.05, 0.1) is 0 Å². The van der Waals surface area contributed by atoms with Crippen LogP contribution in [-0.4, -0.2) is 60.8 Å². The number of rotatable bonds is 6. The fraction of sp³-hybridized carbons (Fsp3) is 0.944. The highest BCUT2D eigenvalue weighted by molar-refractivity contribution is 5.80. The van der Waals surface area contributed by atoms with Crippen molar-refractivity contribution in [3.8, 4) is 0 Å². The smallest absolute Gasteiger partial charge is 0.191 e. The van der Waals surface area contributed by atoms with Gasteiger partial charge in [-0.15, -0.1) is 0 Å². The summed E-state index contributed by atoms with van der Waals surface area (Å²) < 4.78 is 0. The molecule has 0 aromatic carbocycles. The van der Waals surface area contributed by atoms with Crippen LogP contribution in [0.2, 0.25) is 0 Å². The van der Waals surface area contributed by atoms with Crippen LogP contribution in [0.1, 0.15) is 58.8 Å². The third-order valence-corrected chi connectivity index (χ3v) is 5.10. The number of aliphatic hydroxyl groups is 1. The largest absolute Gasteiger partial charge is 0.396 e. The zero-order chi connectivity index (χ0) is 16.5. The number of piperidine rings is 1. The molecular weight excluding hydrogens is 288 g/mol. The number of hydrogen-bond acceptors (Lipinski definition) is 3. The molecule has 0 aromatic rings. The van der Waals surface area contributed by atoms with Gasteiger partial charge in [-0.3, -0.25) is 9.89 Å². The summed E-state index contributed by atoms with van der Waals surface area (Å²) >= 11 is 0. The van der Waals surface area contributed by atoms with Gasteiger partial charge in [0, 0.05) is 38.3 Å². The van der Waals surface area contributed by atoms with E-state index in [4.69, 9.17) is 5.11 Å². The van der Waals surface area contributed by atoms with Gasteiger partial charge >= 0.3 is 0 Å². The summed E-state index contributed by atoms with van der Waals surface area (Å²) in [5, 5.41) is 16.1. The van der Waals surface area contributed by atoms with Crippen LogP contribution in [0.15, 0.2) is 4.99 Å². The Morgan fingerprint density at radius 2 is 2.00 bits per heavy atom. The lowest BCUT2D eigenvalue weighted by atomic mass is 9.92. The molecule has 0 radical (unpaired) electrons. The number of hydrogen-bond donors (Lipinski definition) is 3. The lowest BCUT2D eigenvalue weighted by Gasteiger charge is -2.40. The van der Waals surface area contributed by atoms with Gasteiger partial charge in [-0.1, -0.05) is 26.2 Å². The predicted molar refractivity (Wildman–Crippen MR) is 96.8 cm³/mol. The first-order valence-electron chi connectivity index (χ1n) is 9.62. The minimum absolute atomic E-state index is 0.196. The number of aliphatic imine (C=N–C) groups is 1. The molecule has 0 amide bonds. The second-order valence-corrected chi connectivity index (χ2v) is 7.28. The molecule has 1 aliphatic heterocycles. The van der Waals surface area contributed by atoms with Crippen molar-refractivity contribution in [1.29, 1.82) is 0 Å². The Kier molecular flexibility index (Phi) is 8.17. The summed E-state index contributed by atoms with van der Waals surface area (Å²) in [4.78, 5) is 7.34. The molecule has 2 unspecified atom stereocenters. The Hall–Kier alpha value is -0.810. The maximum absolute atomic E-state index is 9.16. The fourth-order valence-corrected chi connectivity index (χ4v) is 3.72. The average molecular weight is 325 g/mol. The van der Waals surface area contributed by atoms with Gasteiger partial charge in [0.15, 0.2) is 5.96 Å². The minimum Gasteiger partial charge on any atom is -0.396 e. The maximum atomic E-state index is 9.16. The van der Waals surface area contributed by atoms with E-state index in [1.807, 2.05) is 6.92 Å². The van der Waals surface area contributed by atoms with Gasteiger partial charge in [0.1, 0.15) is 0 Å². The Labute approximate surface area is 141 Å². The highest BCUT2D eigenvalue weighted by Gasteiger charge is 2.27. The third-order valence-electron chi connectivity index (χ3n) is 5.10. The molecule has 2 atom stereocenters. The molecule has 5 heteroatoms. The first-order valence-corrected chi connectivity index (χ1v) is 9.62. The molecule has 1 saturated heterocycles. The first kappa shape index (κ1) is 18.5. The van der Waals surface area contributed by atoms with Crippen molar-refractivity contribution in [2.45, 2.75) is 70.9 Å². The molecule has 134 valence electrons. The molecule has 5 nitrogen and oxygen atoms in total. The van der Waals surface area contributed by atoms with E-state index in [1.54, 1.807) is 0 Å². The standard InChI is InChI=1S/C18H36N4O/c1-3-19-18(20-12-15(2)14-23)21-16-8-7-11-22(13-16)17-9-5-4-6-10-17/h15-17,23H,3-14H2,1-2H3,(H2,19,20,21). The van der Waals surface area contributed by atoms with Crippen molar-refractivity contribution in [3.63, 3.8) is 0 Å². The van der Waals surface area contributed by atoms with Crippen molar-refractivity contribution in [3.05, 3.63) is 0 Å². The van der Waals surface area contributed by atoms with Crippen LogP contribution >= 0.6 is 0 Å². The average Bonchev–Trinajstić information content (AvgIpc) is 2.60. The van der Waals surface area contributed by atoms with E-state index in [1.165, 1.54) is 51.5 Å². The normalized spacial score (nSPS) is 26.0. The number of guanidine groups is 1. The van der Waals surface area contributed by atoms with E-state index in [-0.39, 0.29) is 12.5 Å². The van der Waals surface area contributed by atoms with E-state index in [2.05, 4.69) is 27.4 Å². The minimum atomic E-state index is 0.196. The first-order chi connectivity index (χ1) is 11.2. The summed E-state index contributed by atoms with van der Waals surface area (Å²) in [6.45, 7) is 8.27. The van der Waals surface area contributed by atoms with Gasteiger partial charge in [0.2, 0.25) is 0 Å². The predicted octanol–water partition coefficient (Wildman–Crippen LogP) is 1.97. The monoisotopic (exact) mass is 324 g/mol. The SMILES string of the molecule is CCNC(=NCC(C)CO)NC1CCCN(C2CCCCC2)C1. The van der Waals surface area contributed by atoms with Gasteiger partial charge in [-0.2, -0.15) is 0 Å². The number of aliphatic hydroxyl groups excluding tert-OH is 1. The van der Waals surface area contributed by atoms with E-state index in [0.717, 1.165) is 25.1 Å². The van der Waals surface area contributed by atoms with Crippen molar-refractivity contribution in [1.82, 2.24) is 15.5 Å². The van der Waals surface area contributed by atoms with Crippen LogP contribution < -0.4 is 10.6 Å². The van der Waals surface area contributed by atoms with E-state index >= 15 is 0 Å². The zero-order valence-corrected chi connectivity index (χ0v) is 15.1. The van der Waals surface area contributed by atoms with Gasteiger partial charge in [-0.05, 0) is 45.1 Å². The van der Waals surface area contributed by atoms with E-state index < -0.39 is 0 Å². The second kappa shape index (κ2) is 10.1. The molecule has 0 bridgehead atoms. The lowest BCUT2D eigenvalue weighted by Crippen LogP contribution is -2.53. The third kappa shape index (κ3) is 6.30. The van der Waals surface area contributed by atoms with Gasteiger partial charge < -0.3 is 15.7 Å². The number of nitrogens with one attached hydrogen (secondary N) is 2. The van der Waals surface area contributed by atoms with Crippen LogP contribution in [0.4, 0.5) is 0 Å². The summed E-state index contributed by atoms with van der Waals surface area (Å²) in [5.74, 6) is 1.12. The van der Waals surface area contributed by atoms with Gasteiger partial charge in [0.25, 0.3) is 0 Å². The molecule has 0 aromatic heterocycles. The van der Waals surface area contributed by atoms with Gasteiger partial charge in [-0.25, -0.2) is 0 Å². The van der Waals surface area contributed by atoms with Crippen molar-refractivity contribution >= 4 is 5.96 Å². The summed E-state index contributed by atoms with van der Waals surface area (Å²) in [6.07, 6.45) is 9.50. The summed E-state index contributed by atoms with van der Waals surface area (Å²) in [6, 6.07) is 1.30. The fourth-order valence-electron chi connectivity index (χ4n) is 3.72. The molecule has 0 spiro atoms. The molecule has 3 N–H and O–H groups in total. The highest BCUT2D eigenvalue weighted by Crippen LogP contribution is 2.25. The Bertz CT molecular complexity index is 355. The Morgan fingerprint density at radius 1 is 1.22 bits per heavy atom. The van der Waals surface area contributed by atoms with Crippen LogP contribution in [0.5, 0.6) is 0 Å². The van der Waals surface area contributed by atoms with Crippen LogP contribution in [0.3, 0.4) is 0 Å².